The zero-order chi connectivity index (χ0) is 15.9. The molecule has 0 amide bonds. The first-order chi connectivity index (χ1) is 10.7. The fourth-order valence-corrected chi connectivity index (χ4v) is 1.97. The molecule has 0 aliphatic rings. The molecule has 22 heavy (non-hydrogen) atoms. The molecular weight excluding hydrogens is 288 g/mol. The molecule has 0 atom stereocenters. The first-order valence-electron chi connectivity index (χ1n) is 6.71. The third-order valence-electron chi connectivity index (χ3n) is 3.02. The van der Waals surface area contributed by atoms with Gasteiger partial charge in [-0.1, -0.05) is 11.2 Å². The molecule has 0 saturated heterocycles. The number of H-pyrrole nitrogens is 1. The van der Waals surface area contributed by atoms with Crippen LogP contribution in [0.4, 0.5) is 17.3 Å². The zero-order valence-corrected chi connectivity index (χ0v) is 12.2. The third kappa shape index (κ3) is 3.53. The van der Waals surface area contributed by atoms with Crippen molar-refractivity contribution >= 4 is 23.5 Å². The average Bonchev–Trinajstić information content (AvgIpc) is 3.02. The summed E-state index contributed by atoms with van der Waals surface area (Å²) >= 11 is 0. The number of nitro groups is 1. The van der Waals surface area contributed by atoms with Gasteiger partial charge in [-0.3, -0.25) is 10.1 Å². The van der Waals surface area contributed by atoms with Gasteiger partial charge in [0.05, 0.1) is 11.1 Å². The summed E-state index contributed by atoms with van der Waals surface area (Å²) in [5.41, 5.74) is 3.79. The Morgan fingerprint density at radius 3 is 2.82 bits per heavy atom. The number of rotatable bonds is 7. The molecular formula is C12H16N8O2. The molecule has 116 valence electrons. The van der Waals surface area contributed by atoms with Gasteiger partial charge in [-0.05, 0) is 25.1 Å². The van der Waals surface area contributed by atoms with Crippen molar-refractivity contribution in [2.75, 3.05) is 23.4 Å². The van der Waals surface area contributed by atoms with Gasteiger partial charge in [-0.15, -0.1) is 5.10 Å². The van der Waals surface area contributed by atoms with Crippen molar-refractivity contribution in [3.63, 3.8) is 0 Å². The minimum absolute atomic E-state index is 0.0483. The highest BCUT2D eigenvalue weighted by Gasteiger charge is 2.17. The first kappa shape index (κ1) is 15.4. The van der Waals surface area contributed by atoms with E-state index >= 15 is 0 Å². The van der Waals surface area contributed by atoms with Crippen LogP contribution in [0.5, 0.6) is 0 Å². The Morgan fingerprint density at radius 2 is 2.23 bits per heavy atom. The van der Waals surface area contributed by atoms with E-state index in [1.807, 2.05) is 18.7 Å². The SMILES string of the molecule is CCN(CC)c1ccc(/C=N/Nc2nn[nH]n2)cc1[N+](=O)[O-]. The lowest BCUT2D eigenvalue weighted by atomic mass is 10.1. The monoisotopic (exact) mass is 304 g/mol. The molecule has 1 heterocycles. The highest BCUT2D eigenvalue weighted by molar-refractivity contribution is 5.83. The fourth-order valence-electron chi connectivity index (χ4n) is 1.97. The predicted molar refractivity (Wildman–Crippen MR) is 82.1 cm³/mol. The molecule has 0 saturated carbocycles. The second-order valence-corrected chi connectivity index (χ2v) is 4.28. The number of aromatic amines is 1. The highest BCUT2D eigenvalue weighted by atomic mass is 16.6. The number of anilines is 2. The summed E-state index contributed by atoms with van der Waals surface area (Å²) in [6.07, 6.45) is 1.45. The summed E-state index contributed by atoms with van der Waals surface area (Å²) in [4.78, 5) is 12.8. The molecule has 0 aliphatic carbocycles. The first-order valence-corrected chi connectivity index (χ1v) is 6.71. The molecule has 0 radical (unpaired) electrons. The Morgan fingerprint density at radius 1 is 1.45 bits per heavy atom. The van der Waals surface area contributed by atoms with Crippen LogP contribution in [-0.2, 0) is 0 Å². The molecule has 1 aromatic carbocycles. The van der Waals surface area contributed by atoms with Crippen molar-refractivity contribution in [2.45, 2.75) is 13.8 Å². The molecule has 0 spiro atoms. The van der Waals surface area contributed by atoms with Crippen molar-refractivity contribution in [2.24, 2.45) is 5.10 Å². The second kappa shape index (κ2) is 7.11. The van der Waals surface area contributed by atoms with Crippen LogP contribution in [0, 0.1) is 10.1 Å². The van der Waals surface area contributed by atoms with Crippen LogP contribution in [0.2, 0.25) is 0 Å². The summed E-state index contributed by atoms with van der Waals surface area (Å²) < 4.78 is 0. The van der Waals surface area contributed by atoms with Crippen LogP contribution in [0.25, 0.3) is 0 Å². The van der Waals surface area contributed by atoms with Crippen LogP contribution in [-0.4, -0.2) is 44.9 Å². The summed E-state index contributed by atoms with van der Waals surface area (Å²) in [5, 5.41) is 28.1. The maximum atomic E-state index is 11.3. The van der Waals surface area contributed by atoms with Gasteiger partial charge in [-0.2, -0.15) is 10.3 Å². The van der Waals surface area contributed by atoms with Crippen LogP contribution in [0.1, 0.15) is 19.4 Å². The lowest BCUT2D eigenvalue weighted by Gasteiger charge is -2.20. The molecule has 2 N–H and O–H groups in total. The number of nitrogens with zero attached hydrogens (tertiary/aromatic N) is 6. The van der Waals surface area contributed by atoms with Crippen LogP contribution in [0.3, 0.4) is 0 Å². The zero-order valence-electron chi connectivity index (χ0n) is 12.2. The number of tetrazole rings is 1. The number of hydrazone groups is 1. The number of hydrogen-bond acceptors (Lipinski definition) is 8. The molecule has 10 heteroatoms. The largest absolute Gasteiger partial charge is 0.367 e. The van der Waals surface area contributed by atoms with Crippen molar-refractivity contribution < 1.29 is 4.92 Å². The van der Waals surface area contributed by atoms with Crippen molar-refractivity contribution in [1.29, 1.82) is 0 Å². The molecule has 2 aromatic rings. The minimum Gasteiger partial charge on any atom is -0.367 e. The molecule has 0 aliphatic heterocycles. The Kier molecular flexibility index (Phi) is 4.96. The Labute approximate surface area is 126 Å². The standard InChI is InChI=1S/C12H16N8O2/c1-3-19(4-2)10-6-5-9(7-11(10)20(21)22)8-13-14-12-15-17-18-16-12/h5-8H,3-4H2,1-2H3,(H2,14,15,16,17,18)/b13-8+. The third-order valence-corrected chi connectivity index (χ3v) is 3.02. The molecule has 0 fully saturated rings. The van der Waals surface area contributed by atoms with Crippen molar-refractivity contribution in [3.8, 4) is 0 Å². The Bertz CT molecular complexity index is 651. The van der Waals surface area contributed by atoms with Gasteiger partial charge in [0.15, 0.2) is 0 Å². The van der Waals surface area contributed by atoms with Crippen LogP contribution >= 0.6 is 0 Å². The van der Waals surface area contributed by atoms with Crippen molar-refractivity contribution in [3.05, 3.63) is 33.9 Å². The number of nitrogens with one attached hydrogen (secondary N) is 2. The van der Waals surface area contributed by atoms with E-state index in [2.05, 4.69) is 31.2 Å². The number of benzene rings is 1. The average molecular weight is 304 g/mol. The molecule has 0 bridgehead atoms. The number of aromatic nitrogens is 4. The maximum Gasteiger partial charge on any atom is 0.293 e. The van der Waals surface area contributed by atoms with Crippen LogP contribution in [0.15, 0.2) is 23.3 Å². The maximum absolute atomic E-state index is 11.3. The molecule has 1 aromatic heterocycles. The van der Waals surface area contributed by atoms with Gasteiger partial charge in [-0.25, -0.2) is 5.43 Å². The molecule has 2 rings (SSSR count). The molecule has 0 unspecified atom stereocenters. The van der Waals surface area contributed by atoms with E-state index in [9.17, 15) is 10.1 Å². The summed E-state index contributed by atoms with van der Waals surface area (Å²) in [6.45, 7) is 5.31. The Hall–Kier alpha value is -3.04. The summed E-state index contributed by atoms with van der Waals surface area (Å²) in [6, 6.07) is 4.97. The lowest BCUT2D eigenvalue weighted by molar-refractivity contribution is -0.384. The van der Waals surface area contributed by atoms with Gasteiger partial charge >= 0.3 is 0 Å². The van der Waals surface area contributed by atoms with Crippen LogP contribution < -0.4 is 10.3 Å². The quantitative estimate of drug-likeness (QED) is 0.450. The smallest absolute Gasteiger partial charge is 0.293 e. The summed E-state index contributed by atoms with van der Waals surface area (Å²) in [7, 11) is 0. The van der Waals surface area contributed by atoms with E-state index in [0.29, 0.717) is 24.3 Å². The summed E-state index contributed by atoms with van der Waals surface area (Å²) in [5.74, 6) is 0.213. The van der Waals surface area contributed by atoms with E-state index in [0.717, 1.165) is 0 Å². The van der Waals surface area contributed by atoms with E-state index < -0.39 is 4.92 Å². The minimum atomic E-state index is -0.391. The highest BCUT2D eigenvalue weighted by Crippen LogP contribution is 2.28. The van der Waals surface area contributed by atoms with Gasteiger partial charge in [0, 0.05) is 24.7 Å². The molecule has 10 nitrogen and oxygen atoms in total. The fraction of sp³-hybridized carbons (Fsp3) is 0.333. The second-order valence-electron chi connectivity index (χ2n) is 4.28. The van der Waals surface area contributed by atoms with E-state index in [-0.39, 0.29) is 11.6 Å². The Balaban J connectivity index is 2.21. The number of hydrogen-bond donors (Lipinski definition) is 2. The normalized spacial score (nSPS) is 10.8. The van der Waals surface area contributed by atoms with E-state index in [1.54, 1.807) is 12.1 Å². The van der Waals surface area contributed by atoms with Gasteiger partial charge < -0.3 is 4.90 Å². The van der Waals surface area contributed by atoms with E-state index in [4.69, 9.17) is 0 Å². The predicted octanol–water partition coefficient (Wildman–Crippen LogP) is 1.40. The topological polar surface area (TPSA) is 125 Å². The van der Waals surface area contributed by atoms with Gasteiger partial charge in [0.2, 0.25) is 0 Å². The number of nitro benzene ring substituents is 1. The lowest BCUT2D eigenvalue weighted by Crippen LogP contribution is -2.22. The van der Waals surface area contributed by atoms with Gasteiger partial charge in [0.25, 0.3) is 11.6 Å². The van der Waals surface area contributed by atoms with Gasteiger partial charge in [0.1, 0.15) is 5.69 Å². The van der Waals surface area contributed by atoms with Crippen molar-refractivity contribution in [1.82, 2.24) is 20.6 Å². The van der Waals surface area contributed by atoms with E-state index in [1.165, 1.54) is 12.3 Å².